The Morgan fingerprint density at radius 1 is 1.21 bits per heavy atom. The third-order valence-corrected chi connectivity index (χ3v) is 7.42. The van der Waals surface area contributed by atoms with E-state index in [0.717, 1.165) is 38.8 Å². The van der Waals surface area contributed by atoms with E-state index in [-0.39, 0.29) is 29.6 Å². The second kappa shape index (κ2) is 7.70. The van der Waals surface area contributed by atoms with Crippen LogP contribution in [0.2, 0.25) is 0 Å². The highest BCUT2D eigenvalue weighted by Crippen LogP contribution is 2.23. The number of sulfone groups is 1. The van der Waals surface area contributed by atoms with Crippen LogP contribution in [0.1, 0.15) is 45.4 Å². The summed E-state index contributed by atoms with van der Waals surface area (Å²) in [5.41, 5.74) is 0. The van der Waals surface area contributed by atoms with Crippen molar-refractivity contribution in [3.63, 3.8) is 0 Å². The summed E-state index contributed by atoms with van der Waals surface area (Å²) < 4.78 is 29.4. The number of likely N-dealkylation sites (tertiary alicyclic amines) is 1. The molecule has 3 unspecified atom stereocenters. The van der Waals surface area contributed by atoms with Crippen molar-refractivity contribution in [1.82, 2.24) is 9.80 Å². The van der Waals surface area contributed by atoms with Crippen LogP contribution in [0.5, 0.6) is 0 Å². The minimum atomic E-state index is -3.00. The van der Waals surface area contributed by atoms with E-state index in [1.165, 1.54) is 6.42 Å². The molecule has 3 fully saturated rings. The predicted octanol–water partition coefficient (Wildman–Crippen LogP) is 1.06. The molecule has 0 aliphatic carbocycles. The first-order valence-electron chi connectivity index (χ1n) is 9.30. The van der Waals surface area contributed by atoms with Crippen molar-refractivity contribution in [2.75, 3.05) is 37.7 Å². The van der Waals surface area contributed by atoms with Gasteiger partial charge in [-0.05, 0) is 45.6 Å². The lowest BCUT2D eigenvalue weighted by atomic mass is 10.0. The number of amides is 1. The van der Waals surface area contributed by atoms with Crippen LogP contribution in [0.3, 0.4) is 0 Å². The smallest absolute Gasteiger partial charge is 0.237 e. The Hall–Kier alpha value is -0.660. The molecule has 0 N–H and O–H groups in total. The quantitative estimate of drug-likeness (QED) is 0.735. The highest BCUT2D eigenvalue weighted by Gasteiger charge is 2.37. The summed E-state index contributed by atoms with van der Waals surface area (Å²) in [5.74, 6) is 0.384. The second-order valence-corrected chi connectivity index (χ2v) is 9.78. The summed E-state index contributed by atoms with van der Waals surface area (Å²) in [5, 5.41) is 0. The summed E-state index contributed by atoms with van der Waals surface area (Å²) >= 11 is 0. The van der Waals surface area contributed by atoms with Crippen LogP contribution in [0.4, 0.5) is 0 Å². The Balaban J connectivity index is 1.66. The number of nitrogens with zero attached hydrogens (tertiary/aromatic N) is 2. The van der Waals surface area contributed by atoms with Gasteiger partial charge < -0.3 is 9.64 Å². The van der Waals surface area contributed by atoms with Crippen molar-refractivity contribution in [2.24, 2.45) is 0 Å². The van der Waals surface area contributed by atoms with Gasteiger partial charge in [0.15, 0.2) is 9.84 Å². The first-order valence-corrected chi connectivity index (χ1v) is 11.1. The van der Waals surface area contributed by atoms with Gasteiger partial charge in [-0.1, -0.05) is 6.42 Å². The summed E-state index contributed by atoms with van der Waals surface area (Å²) in [6.45, 7) is 4.84. The first kappa shape index (κ1) is 18.1. The van der Waals surface area contributed by atoms with E-state index >= 15 is 0 Å². The number of hydrogen-bond acceptors (Lipinski definition) is 5. The molecule has 0 saturated carbocycles. The Kier molecular flexibility index (Phi) is 5.82. The van der Waals surface area contributed by atoms with Gasteiger partial charge in [-0.2, -0.15) is 0 Å². The third-order valence-electron chi connectivity index (χ3n) is 5.67. The molecule has 3 aliphatic heterocycles. The maximum atomic E-state index is 13.0. The van der Waals surface area contributed by atoms with Crippen molar-refractivity contribution in [3.8, 4) is 0 Å². The molecule has 0 aromatic heterocycles. The largest absolute Gasteiger partial charge is 0.376 e. The highest BCUT2D eigenvalue weighted by atomic mass is 32.2. The van der Waals surface area contributed by atoms with E-state index < -0.39 is 9.84 Å². The number of carbonyl (C=O) groups excluding carboxylic acids is 1. The van der Waals surface area contributed by atoms with Crippen LogP contribution >= 0.6 is 0 Å². The molecule has 0 aromatic rings. The SMILES string of the molecule is CC1CCCCN1CC(=O)N(CC1CCCO1)C1CCS(=O)(=O)C1. The zero-order valence-corrected chi connectivity index (χ0v) is 15.5. The Labute approximate surface area is 145 Å². The summed E-state index contributed by atoms with van der Waals surface area (Å²) in [4.78, 5) is 17.0. The molecule has 1 amide bonds. The number of ether oxygens (including phenoxy) is 1. The standard InChI is InChI=1S/C17H30N2O4S/c1-14-5-2-3-8-18(14)12-17(20)19(11-16-6-4-9-23-16)15-7-10-24(21,22)13-15/h14-16H,2-13H2,1H3. The van der Waals surface area contributed by atoms with Crippen molar-refractivity contribution in [3.05, 3.63) is 0 Å². The summed E-state index contributed by atoms with van der Waals surface area (Å²) in [7, 11) is -3.00. The molecular formula is C17H30N2O4S. The molecule has 0 radical (unpaired) electrons. The van der Waals surface area contributed by atoms with E-state index in [4.69, 9.17) is 4.74 Å². The Morgan fingerprint density at radius 2 is 2.04 bits per heavy atom. The van der Waals surface area contributed by atoms with Gasteiger partial charge in [0.05, 0.1) is 24.2 Å². The molecule has 0 spiro atoms. The summed E-state index contributed by atoms with van der Waals surface area (Å²) in [6, 6.07) is 0.256. The van der Waals surface area contributed by atoms with Crippen LogP contribution in [-0.2, 0) is 19.4 Å². The maximum absolute atomic E-state index is 13.0. The van der Waals surface area contributed by atoms with Gasteiger partial charge in [0, 0.05) is 25.2 Å². The van der Waals surface area contributed by atoms with Gasteiger partial charge in [0.25, 0.3) is 0 Å². The second-order valence-electron chi connectivity index (χ2n) is 7.55. The van der Waals surface area contributed by atoms with E-state index in [1.807, 2.05) is 4.90 Å². The fourth-order valence-corrected chi connectivity index (χ4v) is 5.87. The van der Waals surface area contributed by atoms with E-state index in [2.05, 4.69) is 11.8 Å². The van der Waals surface area contributed by atoms with Crippen molar-refractivity contribution >= 4 is 15.7 Å². The number of carbonyl (C=O) groups is 1. The maximum Gasteiger partial charge on any atom is 0.237 e. The fourth-order valence-electron chi connectivity index (χ4n) is 4.14. The molecule has 3 atom stereocenters. The minimum Gasteiger partial charge on any atom is -0.376 e. The van der Waals surface area contributed by atoms with Crippen molar-refractivity contribution in [2.45, 2.75) is 63.6 Å². The third kappa shape index (κ3) is 4.49. The minimum absolute atomic E-state index is 0.0658. The molecule has 0 bridgehead atoms. The van der Waals surface area contributed by atoms with Crippen molar-refractivity contribution < 1.29 is 17.9 Å². The zero-order valence-electron chi connectivity index (χ0n) is 14.7. The van der Waals surface area contributed by atoms with Gasteiger partial charge >= 0.3 is 0 Å². The normalized spacial score (nSPS) is 33.6. The molecule has 6 nitrogen and oxygen atoms in total. The summed E-state index contributed by atoms with van der Waals surface area (Å²) in [6.07, 6.45) is 6.12. The molecule has 24 heavy (non-hydrogen) atoms. The average molecular weight is 359 g/mol. The van der Waals surface area contributed by atoms with Crippen LogP contribution in [0.25, 0.3) is 0 Å². The Bertz CT molecular complexity index is 545. The van der Waals surface area contributed by atoms with Crippen LogP contribution in [0, 0.1) is 0 Å². The van der Waals surface area contributed by atoms with E-state index in [9.17, 15) is 13.2 Å². The molecule has 138 valence electrons. The molecule has 3 heterocycles. The fraction of sp³-hybridized carbons (Fsp3) is 0.941. The number of piperidine rings is 1. The lowest BCUT2D eigenvalue weighted by Gasteiger charge is -2.36. The van der Waals surface area contributed by atoms with Crippen molar-refractivity contribution in [1.29, 1.82) is 0 Å². The monoisotopic (exact) mass is 358 g/mol. The van der Waals surface area contributed by atoms with Crippen LogP contribution in [0.15, 0.2) is 0 Å². The molecule has 7 heteroatoms. The topological polar surface area (TPSA) is 66.9 Å². The van der Waals surface area contributed by atoms with Gasteiger partial charge in [0.2, 0.25) is 5.91 Å². The van der Waals surface area contributed by atoms with Crippen LogP contribution < -0.4 is 0 Å². The Morgan fingerprint density at radius 3 is 2.67 bits per heavy atom. The highest BCUT2D eigenvalue weighted by molar-refractivity contribution is 7.91. The lowest BCUT2D eigenvalue weighted by molar-refractivity contribution is -0.137. The molecule has 3 rings (SSSR count). The molecule has 3 aliphatic rings. The van der Waals surface area contributed by atoms with E-state index in [0.29, 0.717) is 25.6 Å². The predicted molar refractivity (Wildman–Crippen MR) is 92.6 cm³/mol. The zero-order chi connectivity index (χ0) is 17.2. The van der Waals surface area contributed by atoms with Gasteiger partial charge in [-0.3, -0.25) is 9.69 Å². The van der Waals surface area contributed by atoms with Gasteiger partial charge in [0.1, 0.15) is 0 Å². The number of rotatable bonds is 5. The van der Waals surface area contributed by atoms with E-state index in [1.54, 1.807) is 0 Å². The van der Waals surface area contributed by atoms with Crippen LogP contribution in [-0.4, -0.2) is 80.1 Å². The molecule has 3 saturated heterocycles. The average Bonchev–Trinajstić information content (AvgIpc) is 3.16. The first-order chi connectivity index (χ1) is 11.4. The van der Waals surface area contributed by atoms with Gasteiger partial charge in [-0.25, -0.2) is 8.42 Å². The number of hydrogen-bond donors (Lipinski definition) is 0. The molecular weight excluding hydrogens is 328 g/mol. The van der Waals surface area contributed by atoms with Gasteiger partial charge in [-0.15, -0.1) is 0 Å². The lowest BCUT2D eigenvalue weighted by Crippen LogP contribution is -2.51. The molecule has 0 aromatic carbocycles.